The smallest absolute Gasteiger partial charge is 0.400 e. The van der Waals surface area contributed by atoms with Crippen molar-refractivity contribution in [1.29, 1.82) is 0 Å². The Morgan fingerprint density at radius 3 is 2.35 bits per heavy atom. The van der Waals surface area contributed by atoms with Crippen LogP contribution in [0.1, 0.15) is 13.8 Å². The number of aromatic amines is 1. The van der Waals surface area contributed by atoms with Crippen LogP contribution < -0.4 is 10.1 Å². The molecular weight excluding hydrogens is 343 g/mol. The van der Waals surface area contributed by atoms with Crippen LogP contribution in [0.3, 0.4) is 0 Å². The Labute approximate surface area is 138 Å². The third-order valence-electron chi connectivity index (χ3n) is 2.71. The molecule has 1 heterocycles. The largest absolute Gasteiger partial charge is 0.530 e. The molecule has 0 saturated heterocycles. The molecule has 124 valence electrons. The molecule has 9 heteroatoms. The molecule has 23 heavy (non-hydrogen) atoms. The molecule has 0 aliphatic carbocycles. The Morgan fingerprint density at radius 1 is 1.17 bits per heavy atom. The van der Waals surface area contributed by atoms with Crippen LogP contribution in [-0.2, 0) is 13.6 Å². The van der Waals surface area contributed by atoms with Crippen molar-refractivity contribution in [3.63, 3.8) is 0 Å². The molecule has 2 rings (SSSR count). The van der Waals surface area contributed by atoms with Crippen molar-refractivity contribution in [3.05, 3.63) is 45.7 Å². The van der Waals surface area contributed by atoms with E-state index in [0.29, 0.717) is 5.56 Å². The molecule has 0 amide bonds. The van der Waals surface area contributed by atoms with E-state index in [1.54, 1.807) is 38.1 Å². The van der Waals surface area contributed by atoms with Crippen LogP contribution in [0.5, 0.6) is 5.75 Å². The summed E-state index contributed by atoms with van der Waals surface area (Å²) >= 11 is 6.01. The van der Waals surface area contributed by atoms with Gasteiger partial charge in [-0.05, 0) is 13.8 Å². The fourth-order valence-electron chi connectivity index (χ4n) is 1.81. The third-order valence-corrected chi connectivity index (χ3v) is 4.61. The number of benzene rings is 1. The van der Waals surface area contributed by atoms with Gasteiger partial charge in [0.2, 0.25) is 0 Å². The van der Waals surface area contributed by atoms with Crippen LogP contribution in [0.2, 0.25) is 5.02 Å². The number of hydrogen-bond acceptors (Lipinski definition) is 6. The van der Waals surface area contributed by atoms with Crippen molar-refractivity contribution in [3.8, 4) is 17.0 Å². The molecule has 0 bridgehead atoms. The maximum absolute atomic E-state index is 12.6. The SMILES string of the molecule is CCOP(=O)(OCC)Oc1c(-c2ccccc2)n[nH]c(=O)c1Cl. The number of halogens is 1. The van der Waals surface area contributed by atoms with E-state index < -0.39 is 13.4 Å². The molecule has 0 radical (unpaired) electrons. The van der Waals surface area contributed by atoms with E-state index in [1.165, 1.54) is 0 Å². The highest BCUT2D eigenvalue weighted by Gasteiger charge is 2.31. The first-order chi connectivity index (χ1) is 11.0. The highest BCUT2D eigenvalue weighted by atomic mass is 35.5. The van der Waals surface area contributed by atoms with Gasteiger partial charge in [-0.25, -0.2) is 9.66 Å². The van der Waals surface area contributed by atoms with Crippen molar-refractivity contribution in [2.75, 3.05) is 13.2 Å². The van der Waals surface area contributed by atoms with E-state index in [1.807, 2.05) is 6.07 Å². The van der Waals surface area contributed by atoms with E-state index in [0.717, 1.165) is 0 Å². The van der Waals surface area contributed by atoms with Gasteiger partial charge in [-0.2, -0.15) is 5.10 Å². The summed E-state index contributed by atoms with van der Waals surface area (Å²) in [6, 6.07) is 8.88. The molecule has 1 aromatic heterocycles. The topological polar surface area (TPSA) is 90.5 Å². The second kappa shape index (κ2) is 7.75. The monoisotopic (exact) mass is 358 g/mol. The van der Waals surface area contributed by atoms with Crippen LogP contribution in [0.4, 0.5) is 0 Å². The summed E-state index contributed by atoms with van der Waals surface area (Å²) in [5.74, 6) is -0.146. The number of rotatable bonds is 7. The predicted octanol–water partition coefficient (Wildman–Crippen LogP) is 3.65. The molecule has 0 atom stereocenters. The van der Waals surface area contributed by atoms with Crippen molar-refractivity contribution < 1.29 is 18.1 Å². The van der Waals surface area contributed by atoms with Crippen LogP contribution in [0, 0.1) is 0 Å². The van der Waals surface area contributed by atoms with Crippen molar-refractivity contribution >= 4 is 19.4 Å². The molecule has 0 aliphatic rings. The molecule has 0 spiro atoms. The minimum absolute atomic E-state index is 0.103. The molecule has 0 unspecified atom stereocenters. The number of hydrogen-bond donors (Lipinski definition) is 1. The highest BCUT2D eigenvalue weighted by Crippen LogP contribution is 2.52. The predicted molar refractivity (Wildman–Crippen MR) is 86.8 cm³/mol. The average molecular weight is 359 g/mol. The molecule has 1 N–H and O–H groups in total. The first-order valence-corrected chi connectivity index (χ1v) is 8.77. The standard InChI is InChI=1S/C14H16ClN2O5P/c1-3-20-23(19,21-4-2)22-13-11(15)14(18)17-16-12(13)10-8-6-5-7-9-10/h5-9H,3-4H2,1-2H3,(H,17,18). The zero-order chi connectivity index (χ0) is 16.9. The Morgan fingerprint density at radius 2 is 1.78 bits per heavy atom. The molecule has 7 nitrogen and oxygen atoms in total. The van der Waals surface area contributed by atoms with Gasteiger partial charge < -0.3 is 4.52 Å². The van der Waals surface area contributed by atoms with Crippen LogP contribution in [-0.4, -0.2) is 23.4 Å². The minimum Gasteiger partial charge on any atom is -0.400 e. The Kier molecular flexibility index (Phi) is 5.96. The maximum Gasteiger partial charge on any atom is 0.530 e. The van der Waals surface area contributed by atoms with Crippen molar-refractivity contribution in [2.24, 2.45) is 0 Å². The summed E-state index contributed by atoms with van der Waals surface area (Å²) in [6.07, 6.45) is 0. The fourth-order valence-corrected chi connectivity index (χ4v) is 3.24. The number of nitrogens with one attached hydrogen (secondary N) is 1. The van der Waals surface area contributed by atoms with Crippen molar-refractivity contribution in [2.45, 2.75) is 13.8 Å². The molecule has 0 aliphatic heterocycles. The number of nitrogens with zero attached hydrogens (tertiary/aromatic N) is 1. The van der Waals surface area contributed by atoms with Crippen LogP contribution >= 0.6 is 19.4 Å². The summed E-state index contributed by atoms with van der Waals surface area (Å²) in [5, 5.41) is 5.92. The Balaban J connectivity index is 2.54. The lowest BCUT2D eigenvalue weighted by Crippen LogP contribution is -2.13. The normalized spacial score (nSPS) is 11.4. The van der Waals surface area contributed by atoms with Gasteiger partial charge in [-0.3, -0.25) is 13.8 Å². The quantitative estimate of drug-likeness (QED) is 0.760. The highest BCUT2D eigenvalue weighted by molar-refractivity contribution is 7.48. The van der Waals surface area contributed by atoms with Gasteiger partial charge in [-0.1, -0.05) is 41.9 Å². The number of H-pyrrole nitrogens is 1. The second-order valence-corrected chi connectivity index (χ2v) is 6.26. The fraction of sp³-hybridized carbons (Fsp3) is 0.286. The Bertz CT molecular complexity index is 756. The number of phosphoric acid groups is 1. The summed E-state index contributed by atoms with van der Waals surface area (Å²) in [7, 11) is -3.91. The lowest BCUT2D eigenvalue weighted by Gasteiger charge is -2.19. The summed E-state index contributed by atoms with van der Waals surface area (Å²) in [5.41, 5.74) is 0.191. The van der Waals surface area contributed by atoms with Gasteiger partial charge in [0.25, 0.3) is 5.56 Å². The van der Waals surface area contributed by atoms with Gasteiger partial charge in [0.1, 0.15) is 5.69 Å². The van der Waals surface area contributed by atoms with Crippen LogP contribution in [0.25, 0.3) is 11.3 Å². The molecule has 0 fully saturated rings. The first-order valence-electron chi connectivity index (χ1n) is 6.93. The lowest BCUT2D eigenvalue weighted by atomic mass is 10.1. The van der Waals surface area contributed by atoms with E-state index in [9.17, 15) is 9.36 Å². The van der Waals surface area contributed by atoms with Gasteiger partial charge in [0, 0.05) is 5.56 Å². The third kappa shape index (κ3) is 4.20. The second-order valence-electron chi connectivity index (χ2n) is 4.28. The first kappa shape index (κ1) is 17.7. The van der Waals surface area contributed by atoms with Gasteiger partial charge >= 0.3 is 7.82 Å². The summed E-state index contributed by atoms with van der Waals surface area (Å²) in [6.45, 7) is 3.49. The van der Waals surface area contributed by atoms with Crippen LogP contribution in [0.15, 0.2) is 35.1 Å². The number of phosphoric ester groups is 1. The lowest BCUT2D eigenvalue weighted by molar-refractivity contribution is 0.167. The summed E-state index contributed by atoms with van der Waals surface area (Å²) < 4.78 is 28.1. The molecule has 2 aromatic rings. The van der Waals surface area contributed by atoms with E-state index in [-0.39, 0.29) is 29.7 Å². The number of aromatic nitrogens is 2. The van der Waals surface area contributed by atoms with E-state index in [4.69, 9.17) is 25.2 Å². The van der Waals surface area contributed by atoms with E-state index in [2.05, 4.69) is 10.2 Å². The van der Waals surface area contributed by atoms with Gasteiger partial charge in [-0.15, -0.1) is 0 Å². The van der Waals surface area contributed by atoms with Gasteiger partial charge in [0.15, 0.2) is 10.8 Å². The Hall–Kier alpha value is -1.66. The maximum atomic E-state index is 12.6. The molecule has 1 aromatic carbocycles. The molecule has 0 saturated carbocycles. The molecular formula is C14H16ClN2O5P. The van der Waals surface area contributed by atoms with Gasteiger partial charge in [0.05, 0.1) is 13.2 Å². The summed E-state index contributed by atoms with van der Waals surface area (Å²) in [4.78, 5) is 11.7. The average Bonchev–Trinajstić information content (AvgIpc) is 2.53. The zero-order valence-corrected chi connectivity index (χ0v) is 14.3. The van der Waals surface area contributed by atoms with Crippen molar-refractivity contribution in [1.82, 2.24) is 10.2 Å². The zero-order valence-electron chi connectivity index (χ0n) is 12.6. The van der Waals surface area contributed by atoms with E-state index >= 15 is 0 Å². The minimum atomic E-state index is -3.91.